The third-order valence-electron chi connectivity index (χ3n) is 20.8. The number of nitrogen functional groups attached to an aromatic ring is 3. The highest BCUT2D eigenvalue weighted by Gasteiger charge is 2.29. The van der Waals surface area contributed by atoms with Crippen molar-refractivity contribution in [2.75, 3.05) is 92.5 Å². The molecule has 0 saturated carbocycles. The molecule has 720 valence electrons. The van der Waals surface area contributed by atoms with Crippen LogP contribution in [0.15, 0.2) is 109 Å². The molecule has 19 N–H and O–H groups in total. The Balaban J connectivity index is 0.000000207. The number of carbonyl (C=O) groups excluding carboxylic acids is 3. The highest BCUT2D eigenvalue weighted by Crippen LogP contribution is 2.46. The highest BCUT2D eigenvalue weighted by molar-refractivity contribution is 9.09. The molecule has 46 heteroatoms. The molecule has 3 amide bonds. The Morgan fingerprint density at radius 2 is 0.677 bits per heavy atom. The Hall–Kier alpha value is -9.51. The summed E-state index contributed by atoms with van der Waals surface area (Å²) in [6.45, 7) is 11.6. The van der Waals surface area contributed by atoms with E-state index < -0.39 is 31.3 Å². The van der Waals surface area contributed by atoms with Gasteiger partial charge in [0.15, 0.2) is 17.5 Å². The van der Waals surface area contributed by atoms with Gasteiger partial charge in [0, 0.05) is 111 Å². The van der Waals surface area contributed by atoms with Crippen LogP contribution in [0.25, 0.3) is 65.8 Å². The quantitative estimate of drug-likeness (QED) is 0.00956. The summed E-state index contributed by atoms with van der Waals surface area (Å²) in [4.78, 5) is 137. The molecule has 0 fully saturated rings. The molecule has 0 radical (unpaired) electrons. The van der Waals surface area contributed by atoms with E-state index in [-0.39, 0.29) is 94.4 Å². The van der Waals surface area contributed by atoms with E-state index in [4.69, 9.17) is 64.5 Å². The molecule has 6 aromatic heterocycles. The van der Waals surface area contributed by atoms with Gasteiger partial charge in [-0.3, -0.25) is 53.5 Å². The van der Waals surface area contributed by atoms with Crippen LogP contribution in [0.3, 0.4) is 0 Å². The van der Waals surface area contributed by atoms with Crippen LogP contribution in [-0.2, 0) is 105 Å². The van der Waals surface area contributed by atoms with E-state index in [0.717, 1.165) is 163 Å². The molecular formula is C87H112Br3N15O24P4. The monoisotopic (exact) mass is 2110 g/mol. The van der Waals surface area contributed by atoms with Gasteiger partial charge in [-0.25, -0.2) is 48.2 Å². The molecule has 0 saturated heterocycles. The number of nitrogens with one attached hydrogen (secondary N) is 3. The molecule has 39 nitrogen and oxygen atoms in total. The first-order valence-corrected chi connectivity index (χ1v) is 52.6. The van der Waals surface area contributed by atoms with Crippen LogP contribution < -0.4 is 51.2 Å². The fourth-order valence-electron chi connectivity index (χ4n) is 14.7. The number of imidazole rings is 3. The standard InChI is InChI=1S/C29H38BrN5O10P2.2C29H37BrN5O7P/c1-2-3-7-25-34-27-28(35(25)18-20-16-21(44-46(37,38)39)9-11-24(20)45-47(40,41)42)22-10-8-19(15-23(22)33-29(27)31)6-4-13-43-14-5-12-32-26(36)17-30;1-2-3-7-25-34-27-28(35(25)18-20-16-21(9-11-24(20)36)42-43(38,39)40)22-10-8-19(15-23(22)33-29(27)31)6-4-13-41-14-5-12-32-26(37)17-30;1-2-3-7-25-34-27-28(35(25)18-20-16-21(36)9-11-24(20)42-43(38,39)40)22-10-8-19(15-23(22)33-29(27)31)6-4-13-41-14-5-12-32-26(37)17-30/h8-11,15-16H,2-7,12-14,17-18H2,1H3,(H2,31,33)(H,32,36)(H2,37,38,39)(H2,40,41,42);2*8-11,15-16,36H,2-7,12-14,17-18H2,1H3,(H2,31,33)(H,32,37)(H2,38,39,40). The van der Waals surface area contributed by atoms with Gasteiger partial charge in [0.2, 0.25) is 17.7 Å². The van der Waals surface area contributed by atoms with Crippen LogP contribution >= 0.6 is 79.1 Å². The van der Waals surface area contributed by atoms with Crippen molar-refractivity contribution in [1.82, 2.24) is 59.6 Å². The number of fused-ring (bicyclic) bond motifs is 9. The Morgan fingerprint density at radius 3 is 1.01 bits per heavy atom. The Bertz CT molecular complexity index is 6230. The van der Waals surface area contributed by atoms with Gasteiger partial charge in [-0.1, -0.05) is 124 Å². The van der Waals surface area contributed by atoms with Crippen molar-refractivity contribution < 1.29 is 114 Å². The number of phosphoric acid groups is 4. The van der Waals surface area contributed by atoms with E-state index in [1.54, 1.807) is 0 Å². The van der Waals surface area contributed by atoms with E-state index in [2.05, 4.69) is 92.5 Å². The minimum absolute atomic E-state index is 0.0334. The Labute approximate surface area is 791 Å². The van der Waals surface area contributed by atoms with Gasteiger partial charge in [-0.2, -0.15) is 0 Å². The van der Waals surface area contributed by atoms with Crippen LogP contribution in [0, 0.1) is 0 Å². The first-order chi connectivity index (χ1) is 63.5. The smallest absolute Gasteiger partial charge is 0.508 e. The number of nitrogens with zero attached hydrogens (tertiary/aromatic N) is 9. The third kappa shape index (κ3) is 32.1. The predicted molar refractivity (Wildman–Crippen MR) is 517 cm³/mol. The summed E-state index contributed by atoms with van der Waals surface area (Å²) in [6.07, 6.45) is 14.1. The van der Waals surface area contributed by atoms with E-state index in [0.29, 0.717) is 145 Å². The number of aromatic nitrogens is 9. The number of aromatic hydroxyl groups is 2. The summed E-state index contributed by atoms with van der Waals surface area (Å²) in [5.74, 6) is 2.21. The first-order valence-electron chi connectivity index (χ1n) is 43.2. The van der Waals surface area contributed by atoms with E-state index in [9.17, 15) is 82.0 Å². The minimum Gasteiger partial charge on any atom is -0.508 e. The topological polar surface area (TPSA) is 593 Å². The second-order valence-electron chi connectivity index (χ2n) is 31.1. The van der Waals surface area contributed by atoms with Gasteiger partial charge in [-0.05, 0) is 167 Å². The lowest BCUT2D eigenvalue weighted by atomic mass is 10.1. The van der Waals surface area contributed by atoms with Gasteiger partial charge in [-0.15, -0.1) is 0 Å². The van der Waals surface area contributed by atoms with Gasteiger partial charge in [0.25, 0.3) is 0 Å². The number of nitrogens with two attached hydrogens (primary N) is 3. The lowest BCUT2D eigenvalue weighted by Crippen LogP contribution is -2.26. The second-order valence-corrected chi connectivity index (χ2v) is 37.5. The van der Waals surface area contributed by atoms with Gasteiger partial charge >= 0.3 is 31.3 Å². The second kappa shape index (κ2) is 50.4. The molecule has 12 rings (SSSR count). The van der Waals surface area contributed by atoms with Crippen LogP contribution in [0.4, 0.5) is 17.5 Å². The van der Waals surface area contributed by atoms with Gasteiger partial charge in [0.1, 0.15) is 68.5 Å². The largest absolute Gasteiger partial charge is 0.524 e. The number of aryl methyl sites for hydroxylation is 6. The van der Waals surface area contributed by atoms with Crippen molar-refractivity contribution in [2.24, 2.45) is 0 Å². The van der Waals surface area contributed by atoms with Gasteiger partial charge < -0.3 is 89.4 Å². The molecular weight excluding hydrogens is 2000 g/mol. The van der Waals surface area contributed by atoms with E-state index in [1.807, 2.05) is 75.2 Å². The zero-order chi connectivity index (χ0) is 96.2. The SMILES string of the molecule is CCCCc1nc2c(N)nc3cc(CCCOCCCNC(=O)CBr)ccc3c2n1Cc1cc(O)ccc1OP(=O)(O)O.CCCCc1nc2c(N)nc3cc(CCCOCCCNC(=O)CBr)ccc3c2n1Cc1cc(OP(=O)(O)O)ccc1O.CCCCc1nc2c(N)nc3cc(CCCOCCCNC(=O)CBr)ccc3c2n1Cc1cc(OP(=O)(O)O)ccc1OP(=O)(O)O. The summed E-state index contributed by atoms with van der Waals surface area (Å²) in [5, 5.41) is 32.4. The minimum atomic E-state index is -4.99. The molecule has 133 heavy (non-hydrogen) atoms. The molecule has 0 aliphatic carbocycles. The zero-order valence-electron chi connectivity index (χ0n) is 73.6. The number of phenols is 2. The number of phosphoric ester groups is 4. The average molecular weight is 2120 g/mol. The van der Waals surface area contributed by atoms with Crippen molar-refractivity contribution >= 4 is 180 Å². The number of hydrogen-bond donors (Lipinski definition) is 16. The predicted octanol–water partition coefficient (Wildman–Crippen LogP) is 13.5. The molecule has 0 bridgehead atoms. The summed E-state index contributed by atoms with van der Waals surface area (Å²) < 4.78 is 88.6. The lowest BCUT2D eigenvalue weighted by Gasteiger charge is -2.17. The normalized spacial score (nSPS) is 11.9. The van der Waals surface area contributed by atoms with Crippen molar-refractivity contribution in [2.45, 2.75) is 156 Å². The Kier molecular flexibility index (Phi) is 40.0. The fourth-order valence-corrected chi connectivity index (χ4v) is 17.0. The molecule has 12 aromatic rings. The van der Waals surface area contributed by atoms with Crippen LogP contribution in [0.5, 0.6) is 34.5 Å². The summed E-state index contributed by atoms with van der Waals surface area (Å²) in [5.41, 5.74) is 29.2. The zero-order valence-corrected chi connectivity index (χ0v) is 81.9. The summed E-state index contributed by atoms with van der Waals surface area (Å²) in [6, 6.07) is 29.6. The average Bonchev–Trinajstić information content (AvgIpc) is 1.61. The number of hydrogen-bond acceptors (Lipinski definition) is 25. The number of anilines is 3. The number of ether oxygens (including phenoxy) is 3. The van der Waals surface area contributed by atoms with Crippen molar-refractivity contribution in [3.05, 3.63) is 160 Å². The first kappa shape index (κ1) is 106. The summed E-state index contributed by atoms with van der Waals surface area (Å²) in [7, 11) is -19.5. The number of carbonyl (C=O) groups is 3. The third-order valence-corrected chi connectivity index (χ3v) is 24.1. The van der Waals surface area contributed by atoms with Crippen LogP contribution in [0.2, 0.25) is 0 Å². The molecule has 0 unspecified atom stereocenters. The number of amides is 3. The van der Waals surface area contributed by atoms with E-state index >= 15 is 0 Å². The van der Waals surface area contributed by atoms with E-state index in [1.165, 1.54) is 48.5 Å². The molecule has 0 atom stereocenters. The van der Waals surface area contributed by atoms with Crippen molar-refractivity contribution in [3.63, 3.8) is 0 Å². The maximum atomic E-state index is 11.8. The summed E-state index contributed by atoms with van der Waals surface area (Å²) >= 11 is 9.34. The number of benzene rings is 6. The Morgan fingerprint density at radius 1 is 0.368 bits per heavy atom. The van der Waals surface area contributed by atoms with Crippen LogP contribution in [0.1, 0.15) is 149 Å². The highest BCUT2D eigenvalue weighted by atomic mass is 79.9. The maximum Gasteiger partial charge on any atom is 0.524 e. The fraction of sp³-hybridized carbons (Fsp3) is 0.414. The number of halogens is 3. The van der Waals surface area contributed by atoms with Crippen molar-refractivity contribution in [3.8, 4) is 34.5 Å². The molecule has 6 heterocycles. The number of unbranched alkanes of at least 4 members (excludes halogenated alkanes) is 3. The van der Waals surface area contributed by atoms with Gasteiger partial charge in [0.05, 0.1) is 68.7 Å². The lowest BCUT2D eigenvalue weighted by molar-refractivity contribution is -0.119. The molecule has 6 aromatic carbocycles. The number of alkyl halides is 3. The number of pyridine rings is 3. The number of phenolic OH excluding ortho intramolecular Hbond substituents is 2. The van der Waals surface area contributed by atoms with Crippen molar-refractivity contribution in [1.29, 1.82) is 0 Å². The number of rotatable bonds is 50. The molecule has 0 aliphatic heterocycles. The molecule has 0 aliphatic rings. The maximum absolute atomic E-state index is 11.8. The van der Waals surface area contributed by atoms with Crippen LogP contribution in [-0.4, -0.2) is 186 Å². The molecule has 0 spiro atoms.